The van der Waals surface area contributed by atoms with Crippen LogP contribution in [0.2, 0.25) is 5.02 Å². The number of benzene rings is 2. The number of carbonyl (C=O) groups excluding carboxylic acids is 1. The molecule has 0 aliphatic carbocycles. The van der Waals surface area contributed by atoms with Gasteiger partial charge in [0.2, 0.25) is 10.0 Å². The fourth-order valence-electron chi connectivity index (χ4n) is 3.36. The molecule has 0 saturated heterocycles. The third-order valence-electron chi connectivity index (χ3n) is 5.55. The van der Waals surface area contributed by atoms with Crippen LogP contribution in [0.1, 0.15) is 38.3 Å². The predicted octanol–water partition coefficient (Wildman–Crippen LogP) is 4.62. The smallest absolute Gasteiger partial charge is 0.336 e. The third-order valence-corrected chi connectivity index (χ3v) is 7.31. The lowest BCUT2D eigenvalue weighted by atomic mass is 10.0. The fourth-order valence-corrected chi connectivity index (χ4v) is 4.85. The molecule has 0 bridgehead atoms. The maximum absolute atomic E-state index is 13.1. The van der Waals surface area contributed by atoms with Gasteiger partial charge in [-0.15, -0.1) is 0 Å². The van der Waals surface area contributed by atoms with Gasteiger partial charge in [-0.2, -0.15) is 4.72 Å². The maximum atomic E-state index is 13.1. The first-order valence-electron chi connectivity index (χ1n) is 10.6. The number of aryl methyl sites for hydroxylation is 2. The van der Waals surface area contributed by atoms with Crippen molar-refractivity contribution in [2.75, 3.05) is 0 Å². The van der Waals surface area contributed by atoms with E-state index in [1.807, 2.05) is 20.8 Å². The molecule has 0 saturated carbocycles. The van der Waals surface area contributed by atoms with E-state index in [1.54, 1.807) is 25.1 Å². The molecule has 33 heavy (non-hydrogen) atoms. The van der Waals surface area contributed by atoms with Crippen molar-refractivity contribution in [1.82, 2.24) is 4.72 Å². The molecule has 1 aromatic heterocycles. The monoisotopic (exact) mass is 491 g/mol. The van der Waals surface area contributed by atoms with Gasteiger partial charge in [0.05, 0.1) is 9.92 Å². The molecule has 0 aliphatic heterocycles. The van der Waals surface area contributed by atoms with E-state index in [0.29, 0.717) is 18.2 Å². The van der Waals surface area contributed by atoms with E-state index in [0.717, 1.165) is 11.1 Å². The summed E-state index contributed by atoms with van der Waals surface area (Å²) in [6.45, 7) is 7.34. The van der Waals surface area contributed by atoms with Gasteiger partial charge in [-0.05, 0) is 43.0 Å². The van der Waals surface area contributed by atoms with Crippen LogP contribution in [0.4, 0.5) is 0 Å². The second-order valence-electron chi connectivity index (χ2n) is 7.94. The number of carbonyl (C=O) groups is 1. The summed E-state index contributed by atoms with van der Waals surface area (Å²) in [7, 11) is -3.97. The van der Waals surface area contributed by atoms with Gasteiger partial charge in [-0.1, -0.05) is 56.5 Å². The van der Waals surface area contributed by atoms with Crippen molar-refractivity contribution in [1.29, 1.82) is 0 Å². The number of hydrogen-bond donors (Lipinski definition) is 1. The average Bonchev–Trinajstić information content (AvgIpc) is 2.77. The number of halogens is 1. The molecular formula is C24H26ClNO6S. The van der Waals surface area contributed by atoms with Crippen molar-refractivity contribution < 1.29 is 22.4 Å². The summed E-state index contributed by atoms with van der Waals surface area (Å²) in [5.74, 6) is -1.19. The third kappa shape index (κ3) is 5.63. The van der Waals surface area contributed by atoms with Crippen molar-refractivity contribution in [3.05, 3.63) is 69.0 Å². The second-order valence-corrected chi connectivity index (χ2v) is 10.1. The Morgan fingerprint density at radius 1 is 1.15 bits per heavy atom. The van der Waals surface area contributed by atoms with Crippen molar-refractivity contribution in [2.45, 2.75) is 51.5 Å². The summed E-state index contributed by atoms with van der Waals surface area (Å²) >= 11 is 6.34. The largest absolute Gasteiger partial charge is 0.424 e. The van der Waals surface area contributed by atoms with E-state index >= 15 is 0 Å². The first-order chi connectivity index (χ1) is 15.6. The van der Waals surface area contributed by atoms with Crippen LogP contribution in [0.25, 0.3) is 11.0 Å². The lowest BCUT2D eigenvalue weighted by Gasteiger charge is -2.23. The van der Waals surface area contributed by atoms with Crippen molar-refractivity contribution in [3.8, 4) is 5.75 Å². The van der Waals surface area contributed by atoms with Gasteiger partial charge >= 0.3 is 11.6 Å². The molecule has 1 heterocycles. The van der Waals surface area contributed by atoms with Gasteiger partial charge < -0.3 is 9.15 Å². The second kappa shape index (κ2) is 10.1. The van der Waals surface area contributed by atoms with E-state index in [2.05, 4.69) is 4.72 Å². The zero-order chi connectivity index (χ0) is 24.3. The fraction of sp³-hybridized carbons (Fsp3) is 0.333. The Kier molecular flexibility index (Phi) is 7.62. The van der Waals surface area contributed by atoms with E-state index in [4.69, 9.17) is 20.8 Å². The Hall–Kier alpha value is -2.68. The Morgan fingerprint density at radius 2 is 1.82 bits per heavy atom. The molecule has 2 unspecified atom stereocenters. The summed E-state index contributed by atoms with van der Waals surface area (Å²) < 4.78 is 39.0. The van der Waals surface area contributed by atoms with Crippen LogP contribution in [0.5, 0.6) is 5.75 Å². The standard InChI is InChI=1S/C24H26ClNO6S/c1-5-15(4)23(26-33(29,30)17-9-7-14(3)8-10-17)24(28)32-21-13-20-18(12-19(21)25)16(6-2)11-22(27)31-20/h7-13,15,23,26H,5-6H2,1-4H3. The summed E-state index contributed by atoms with van der Waals surface area (Å²) in [4.78, 5) is 24.9. The molecule has 0 fully saturated rings. The molecule has 1 N–H and O–H groups in total. The number of hydrogen-bond acceptors (Lipinski definition) is 6. The van der Waals surface area contributed by atoms with Gasteiger partial charge in [0, 0.05) is 17.5 Å². The molecule has 0 radical (unpaired) electrons. The lowest BCUT2D eigenvalue weighted by molar-refractivity contribution is -0.137. The van der Waals surface area contributed by atoms with Crippen LogP contribution >= 0.6 is 11.6 Å². The summed E-state index contributed by atoms with van der Waals surface area (Å²) in [6, 6.07) is 9.49. The minimum absolute atomic E-state index is 0.0200. The number of fused-ring (bicyclic) bond motifs is 1. The van der Waals surface area contributed by atoms with Crippen LogP contribution in [-0.2, 0) is 21.2 Å². The Morgan fingerprint density at radius 3 is 2.42 bits per heavy atom. The van der Waals surface area contributed by atoms with E-state index in [-0.39, 0.29) is 27.2 Å². The van der Waals surface area contributed by atoms with Crippen molar-refractivity contribution in [3.63, 3.8) is 0 Å². The summed E-state index contributed by atoms with van der Waals surface area (Å²) in [6.07, 6.45) is 1.12. The van der Waals surface area contributed by atoms with Crippen LogP contribution < -0.4 is 15.1 Å². The quantitative estimate of drug-likeness (QED) is 0.280. The number of nitrogens with one attached hydrogen (secondary N) is 1. The molecule has 2 aromatic carbocycles. The molecule has 0 amide bonds. The molecule has 9 heteroatoms. The van der Waals surface area contributed by atoms with Crippen LogP contribution in [0.15, 0.2) is 56.6 Å². The molecular weight excluding hydrogens is 466 g/mol. The molecule has 3 aromatic rings. The normalized spacial score (nSPS) is 13.6. The topological polar surface area (TPSA) is 103 Å². The molecule has 3 rings (SSSR count). The molecule has 0 spiro atoms. The van der Waals surface area contributed by atoms with Gasteiger partial charge in [0.1, 0.15) is 11.6 Å². The van der Waals surface area contributed by atoms with Gasteiger partial charge in [0.15, 0.2) is 5.75 Å². The van der Waals surface area contributed by atoms with E-state index in [9.17, 15) is 18.0 Å². The van der Waals surface area contributed by atoms with Gasteiger partial charge in [-0.25, -0.2) is 18.0 Å². The highest BCUT2D eigenvalue weighted by Crippen LogP contribution is 2.32. The maximum Gasteiger partial charge on any atom is 0.336 e. The van der Waals surface area contributed by atoms with Gasteiger partial charge in [0.25, 0.3) is 0 Å². The predicted molar refractivity (Wildman–Crippen MR) is 127 cm³/mol. The van der Waals surface area contributed by atoms with Crippen LogP contribution in [-0.4, -0.2) is 20.4 Å². The highest BCUT2D eigenvalue weighted by atomic mass is 35.5. The number of rotatable bonds is 8. The highest BCUT2D eigenvalue weighted by Gasteiger charge is 2.32. The van der Waals surface area contributed by atoms with E-state index < -0.39 is 27.7 Å². The molecule has 176 valence electrons. The number of sulfonamides is 1. The summed E-state index contributed by atoms with van der Waals surface area (Å²) in [5, 5.41) is 0.782. The van der Waals surface area contributed by atoms with E-state index in [1.165, 1.54) is 24.3 Å². The Labute approximate surface area is 197 Å². The first-order valence-corrected chi connectivity index (χ1v) is 12.5. The van der Waals surface area contributed by atoms with Gasteiger partial charge in [-0.3, -0.25) is 0 Å². The van der Waals surface area contributed by atoms with Crippen LogP contribution in [0, 0.1) is 12.8 Å². The minimum Gasteiger partial charge on any atom is -0.424 e. The van der Waals surface area contributed by atoms with Crippen molar-refractivity contribution >= 4 is 38.6 Å². The Balaban J connectivity index is 1.93. The Bertz CT molecular complexity index is 1330. The molecule has 7 nitrogen and oxygen atoms in total. The first kappa shape index (κ1) is 25.0. The van der Waals surface area contributed by atoms with Crippen LogP contribution in [0.3, 0.4) is 0 Å². The zero-order valence-corrected chi connectivity index (χ0v) is 20.4. The average molecular weight is 492 g/mol. The summed E-state index contributed by atoms with van der Waals surface area (Å²) in [5.41, 5.74) is 1.37. The zero-order valence-electron chi connectivity index (χ0n) is 18.8. The SMILES string of the molecule is CCc1cc(=O)oc2cc(OC(=O)C(NS(=O)(=O)c3ccc(C)cc3)C(C)CC)c(Cl)cc12. The lowest BCUT2D eigenvalue weighted by Crippen LogP contribution is -2.46. The molecule has 0 aliphatic rings. The number of ether oxygens (including phenoxy) is 1. The highest BCUT2D eigenvalue weighted by molar-refractivity contribution is 7.89. The minimum atomic E-state index is -3.97. The molecule has 2 atom stereocenters. The van der Waals surface area contributed by atoms with Crippen molar-refractivity contribution in [2.24, 2.45) is 5.92 Å². The number of esters is 1.